The van der Waals surface area contributed by atoms with E-state index >= 15 is 0 Å². The molecule has 0 heterocycles. The van der Waals surface area contributed by atoms with Gasteiger partial charge >= 0.3 is 11.9 Å². The van der Waals surface area contributed by atoms with Crippen LogP contribution in [0.4, 0.5) is 5.69 Å². The molecule has 7 nitrogen and oxygen atoms in total. The summed E-state index contributed by atoms with van der Waals surface area (Å²) in [5.41, 5.74) is 1.59. The molecular formula is C20H22N2O5. The Hall–Kier alpha value is -3.35. The molecule has 0 aliphatic rings. The van der Waals surface area contributed by atoms with E-state index in [-0.39, 0.29) is 6.61 Å². The largest absolute Gasteiger partial charge is 0.480 e. The normalized spacial score (nSPS) is 12.5. The summed E-state index contributed by atoms with van der Waals surface area (Å²) < 4.78 is 5.34. The number of esters is 1. The van der Waals surface area contributed by atoms with Crippen molar-refractivity contribution in [3.8, 4) is 0 Å². The van der Waals surface area contributed by atoms with Crippen LogP contribution in [0.3, 0.4) is 0 Å². The van der Waals surface area contributed by atoms with Gasteiger partial charge in [0.2, 0.25) is 5.91 Å². The fourth-order valence-electron chi connectivity index (χ4n) is 2.29. The van der Waals surface area contributed by atoms with E-state index in [9.17, 15) is 14.4 Å². The fourth-order valence-corrected chi connectivity index (χ4v) is 2.29. The van der Waals surface area contributed by atoms with Crippen LogP contribution in [-0.2, 0) is 20.9 Å². The molecule has 2 rings (SSSR count). The number of carboxylic acids is 1. The highest BCUT2D eigenvalue weighted by Gasteiger charge is 2.21. The summed E-state index contributed by atoms with van der Waals surface area (Å²) in [6.45, 7) is 3.10. The molecule has 27 heavy (non-hydrogen) atoms. The molecule has 3 N–H and O–H groups in total. The predicted molar refractivity (Wildman–Crippen MR) is 100 cm³/mol. The van der Waals surface area contributed by atoms with Gasteiger partial charge in [0.05, 0.1) is 5.56 Å². The van der Waals surface area contributed by atoms with E-state index in [4.69, 9.17) is 9.84 Å². The molecule has 0 saturated heterocycles. The van der Waals surface area contributed by atoms with Crippen LogP contribution >= 0.6 is 0 Å². The number of rotatable bonds is 8. The highest BCUT2D eigenvalue weighted by Crippen LogP contribution is 2.18. The first-order valence-corrected chi connectivity index (χ1v) is 8.48. The summed E-state index contributed by atoms with van der Waals surface area (Å²) in [6, 6.07) is 14.2. The van der Waals surface area contributed by atoms with Crippen LogP contribution in [0.5, 0.6) is 0 Å². The Balaban J connectivity index is 2.02. The number of benzene rings is 2. The summed E-state index contributed by atoms with van der Waals surface area (Å²) in [4.78, 5) is 35.4. The summed E-state index contributed by atoms with van der Waals surface area (Å²) in [6.07, 6.45) is 0. The summed E-state index contributed by atoms with van der Waals surface area (Å²) in [7, 11) is 0. The number of hydrogen-bond donors (Lipinski definition) is 3. The monoisotopic (exact) mass is 370 g/mol. The Morgan fingerprint density at radius 1 is 0.963 bits per heavy atom. The quantitative estimate of drug-likeness (QED) is 0.617. The molecule has 7 heteroatoms. The summed E-state index contributed by atoms with van der Waals surface area (Å²) in [5, 5.41) is 14.2. The average Bonchev–Trinajstić information content (AvgIpc) is 2.67. The number of nitrogens with one attached hydrogen (secondary N) is 2. The lowest BCUT2D eigenvalue weighted by Crippen LogP contribution is -2.45. The minimum Gasteiger partial charge on any atom is -0.480 e. The number of carbonyl (C=O) groups excluding carboxylic acids is 2. The maximum absolute atomic E-state index is 12.4. The molecule has 1 amide bonds. The van der Waals surface area contributed by atoms with Gasteiger partial charge in [-0.1, -0.05) is 42.5 Å². The van der Waals surface area contributed by atoms with E-state index < -0.39 is 29.9 Å². The van der Waals surface area contributed by atoms with Gasteiger partial charge in [0, 0.05) is 5.69 Å². The second-order valence-electron chi connectivity index (χ2n) is 6.04. The SMILES string of the molecule is CC(Nc1ccccc1C(=O)OCc1ccccc1)C(=O)N[C@@H](C)C(=O)O. The third-order valence-corrected chi connectivity index (χ3v) is 3.85. The minimum atomic E-state index is -1.12. The van der Waals surface area contributed by atoms with Gasteiger partial charge in [0.1, 0.15) is 18.7 Å². The zero-order chi connectivity index (χ0) is 19.8. The number of ether oxygens (including phenoxy) is 1. The molecule has 0 radical (unpaired) electrons. The van der Waals surface area contributed by atoms with Crippen LogP contribution in [0.2, 0.25) is 0 Å². The van der Waals surface area contributed by atoms with Crippen molar-refractivity contribution >= 4 is 23.5 Å². The van der Waals surface area contributed by atoms with Gasteiger partial charge in [-0.2, -0.15) is 0 Å². The topological polar surface area (TPSA) is 105 Å². The van der Waals surface area contributed by atoms with Crippen LogP contribution in [0.1, 0.15) is 29.8 Å². The molecule has 0 saturated carbocycles. The number of carbonyl (C=O) groups is 3. The van der Waals surface area contributed by atoms with Crippen molar-refractivity contribution in [2.24, 2.45) is 0 Å². The third-order valence-electron chi connectivity index (χ3n) is 3.85. The number of aliphatic carboxylic acids is 1. The third kappa shape index (κ3) is 5.85. The van der Waals surface area contributed by atoms with Crippen molar-refractivity contribution in [1.29, 1.82) is 0 Å². The van der Waals surface area contributed by atoms with Crippen molar-refractivity contribution in [2.75, 3.05) is 5.32 Å². The molecule has 0 fully saturated rings. The highest BCUT2D eigenvalue weighted by molar-refractivity contribution is 5.97. The molecule has 1 unspecified atom stereocenters. The van der Waals surface area contributed by atoms with Crippen LogP contribution in [0.15, 0.2) is 54.6 Å². The lowest BCUT2D eigenvalue weighted by atomic mass is 10.1. The van der Waals surface area contributed by atoms with Gasteiger partial charge in [0.15, 0.2) is 0 Å². The predicted octanol–water partition coefficient (Wildman–Crippen LogP) is 2.43. The number of hydrogen-bond acceptors (Lipinski definition) is 5. The standard InChI is InChI=1S/C20H22N2O5/c1-13(18(23)22-14(2)19(24)25)21-17-11-7-6-10-16(17)20(26)27-12-15-8-4-3-5-9-15/h3-11,13-14,21H,12H2,1-2H3,(H,22,23)(H,24,25)/t13?,14-/m0/s1. The maximum atomic E-state index is 12.4. The molecule has 0 aromatic heterocycles. The van der Waals surface area contributed by atoms with Gasteiger partial charge in [0.25, 0.3) is 0 Å². The van der Waals surface area contributed by atoms with E-state index in [1.54, 1.807) is 31.2 Å². The second kappa shape index (κ2) is 9.38. The Kier molecular flexibility index (Phi) is 6.93. The van der Waals surface area contributed by atoms with Gasteiger partial charge in [-0.05, 0) is 31.5 Å². The Morgan fingerprint density at radius 3 is 2.26 bits per heavy atom. The molecule has 0 aliphatic heterocycles. The van der Waals surface area contributed by atoms with Crippen LogP contribution in [0.25, 0.3) is 0 Å². The first kappa shape index (κ1) is 20.0. The van der Waals surface area contributed by atoms with Crippen LogP contribution < -0.4 is 10.6 Å². The van der Waals surface area contributed by atoms with Gasteiger partial charge < -0.3 is 20.5 Å². The summed E-state index contributed by atoms with van der Waals surface area (Å²) in [5.74, 6) is -2.13. The lowest BCUT2D eigenvalue weighted by Gasteiger charge is -2.18. The molecule has 0 aliphatic carbocycles. The van der Waals surface area contributed by atoms with Crippen molar-refractivity contribution in [2.45, 2.75) is 32.5 Å². The first-order valence-electron chi connectivity index (χ1n) is 8.48. The first-order chi connectivity index (χ1) is 12.9. The van der Waals surface area contributed by atoms with E-state index in [1.807, 2.05) is 30.3 Å². The van der Waals surface area contributed by atoms with Gasteiger partial charge in [-0.25, -0.2) is 4.79 Å². The van der Waals surface area contributed by atoms with Gasteiger partial charge in [-0.15, -0.1) is 0 Å². The smallest absolute Gasteiger partial charge is 0.340 e. The maximum Gasteiger partial charge on any atom is 0.340 e. The van der Waals surface area contributed by atoms with Crippen molar-refractivity contribution < 1.29 is 24.2 Å². The Morgan fingerprint density at radius 2 is 1.59 bits per heavy atom. The van der Waals surface area contributed by atoms with Crippen molar-refractivity contribution in [3.05, 3.63) is 65.7 Å². The zero-order valence-corrected chi connectivity index (χ0v) is 15.1. The molecule has 2 atom stereocenters. The molecule has 2 aromatic carbocycles. The number of anilines is 1. The average molecular weight is 370 g/mol. The van der Waals surface area contributed by atoms with Crippen LogP contribution in [-0.4, -0.2) is 35.0 Å². The molecule has 0 bridgehead atoms. The fraction of sp³-hybridized carbons (Fsp3) is 0.250. The van der Waals surface area contributed by atoms with Gasteiger partial charge in [-0.3, -0.25) is 9.59 Å². The second-order valence-corrected chi connectivity index (χ2v) is 6.04. The lowest BCUT2D eigenvalue weighted by molar-refractivity contribution is -0.141. The van der Waals surface area contributed by atoms with E-state index in [0.29, 0.717) is 11.3 Å². The molecular weight excluding hydrogens is 348 g/mol. The van der Waals surface area contributed by atoms with Crippen molar-refractivity contribution in [3.63, 3.8) is 0 Å². The minimum absolute atomic E-state index is 0.139. The van der Waals surface area contributed by atoms with Crippen molar-refractivity contribution in [1.82, 2.24) is 5.32 Å². The highest BCUT2D eigenvalue weighted by atomic mass is 16.5. The summed E-state index contributed by atoms with van der Waals surface area (Å²) >= 11 is 0. The molecule has 142 valence electrons. The number of amides is 1. The number of para-hydroxylation sites is 1. The van der Waals surface area contributed by atoms with E-state index in [0.717, 1.165) is 5.56 Å². The van der Waals surface area contributed by atoms with Crippen LogP contribution in [0, 0.1) is 0 Å². The number of carboxylic acid groups (broad SMARTS) is 1. The molecule has 2 aromatic rings. The molecule has 0 spiro atoms. The van der Waals surface area contributed by atoms with E-state index in [1.165, 1.54) is 6.92 Å². The Bertz CT molecular complexity index is 807. The zero-order valence-electron chi connectivity index (χ0n) is 15.1. The van der Waals surface area contributed by atoms with E-state index in [2.05, 4.69) is 10.6 Å². The Labute approximate surface area is 157 Å².